The summed E-state index contributed by atoms with van der Waals surface area (Å²) in [4.78, 5) is 42.5. The summed E-state index contributed by atoms with van der Waals surface area (Å²) in [6, 6.07) is 16.0. The zero-order valence-corrected chi connectivity index (χ0v) is 22.5. The molecule has 9 heteroatoms. The zero-order chi connectivity index (χ0) is 27.9. The summed E-state index contributed by atoms with van der Waals surface area (Å²) >= 11 is 6.28. The Hall–Kier alpha value is -3.75. The van der Waals surface area contributed by atoms with Crippen molar-refractivity contribution in [1.29, 1.82) is 0 Å². The van der Waals surface area contributed by atoms with Crippen molar-refractivity contribution in [2.24, 2.45) is 0 Å². The molecule has 2 aromatic carbocycles. The number of amides is 1. The molecule has 2 N–H and O–H groups in total. The van der Waals surface area contributed by atoms with Crippen LogP contribution in [-0.4, -0.2) is 52.3 Å². The lowest BCUT2D eigenvalue weighted by atomic mass is 9.99. The van der Waals surface area contributed by atoms with Gasteiger partial charge in [-0.3, -0.25) is 9.78 Å². The van der Waals surface area contributed by atoms with Crippen molar-refractivity contribution in [3.63, 3.8) is 0 Å². The first-order valence-corrected chi connectivity index (χ1v) is 12.6. The standard InChI is InChI=1S/C29H31ClN2O6/c1-5-37-28(36)25(33)23(17-19-10-6-9-13-22(19)30)32-26(34)24-16-18(14-15-31-24)20-11-7-8-12-21(20)27(35)38-29(2,3)4/h6-16,23,25,33H,5,17H2,1-4H3,(H,32,34)/t23-,25-/m1/s1. The van der Waals surface area contributed by atoms with Crippen molar-refractivity contribution in [2.75, 3.05) is 6.61 Å². The van der Waals surface area contributed by atoms with Gasteiger partial charge in [0.05, 0.1) is 18.2 Å². The quantitative estimate of drug-likeness (QED) is 0.382. The molecule has 0 saturated carbocycles. The normalized spacial score (nSPS) is 12.8. The fraction of sp³-hybridized carbons (Fsp3) is 0.310. The summed E-state index contributed by atoms with van der Waals surface area (Å²) in [6.45, 7) is 7.05. The number of carbonyl (C=O) groups is 3. The molecule has 0 aliphatic rings. The van der Waals surface area contributed by atoms with E-state index in [0.29, 0.717) is 27.3 Å². The number of esters is 2. The van der Waals surface area contributed by atoms with Crippen LogP contribution < -0.4 is 5.32 Å². The number of rotatable bonds is 9. The second kappa shape index (κ2) is 12.7. The predicted octanol–water partition coefficient (Wildman–Crippen LogP) is 4.62. The van der Waals surface area contributed by atoms with Crippen LogP contribution in [0.2, 0.25) is 5.02 Å². The van der Waals surface area contributed by atoms with Gasteiger partial charge < -0.3 is 19.9 Å². The lowest BCUT2D eigenvalue weighted by molar-refractivity contribution is -0.154. The van der Waals surface area contributed by atoms with E-state index in [1.165, 1.54) is 12.3 Å². The Morgan fingerprint density at radius 2 is 1.74 bits per heavy atom. The molecule has 0 radical (unpaired) electrons. The molecule has 8 nitrogen and oxygen atoms in total. The molecule has 0 unspecified atom stereocenters. The maximum absolute atomic E-state index is 13.2. The Labute approximate surface area is 227 Å². The van der Waals surface area contributed by atoms with Gasteiger partial charge in [0.15, 0.2) is 6.10 Å². The highest BCUT2D eigenvalue weighted by Crippen LogP contribution is 2.26. The molecule has 3 aromatic rings. The SMILES string of the molecule is CCOC(=O)[C@H](O)[C@@H](Cc1ccccc1Cl)NC(=O)c1cc(-c2ccccc2C(=O)OC(C)(C)C)ccn1. The fourth-order valence-electron chi connectivity index (χ4n) is 3.74. The van der Waals surface area contributed by atoms with Gasteiger partial charge in [0.1, 0.15) is 11.3 Å². The monoisotopic (exact) mass is 538 g/mol. The lowest BCUT2D eigenvalue weighted by Gasteiger charge is -2.23. The highest BCUT2D eigenvalue weighted by atomic mass is 35.5. The van der Waals surface area contributed by atoms with Gasteiger partial charge >= 0.3 is 11.9 Å². The molecule has 0 aliphatic heterocycles. The van der Waals surface area contributed by atoms with Crippen molar-refractivity contribution in [1.82, 2.24) is 10.3 Å². The Morgan fingerprint density at radius 3 is 2.42 bits per heavy atom. The summed E-state index contributed by atoms with van der Waals surface area (Å²) in [6.07, 6.45) is -0.112. The van der Waals surface area contributed by atoms with E-state index >= 15 is 0 Å². The number of pyridine rings is 1. The molecular weight excluding hydrogens is 508 g/mol. The molecule has 2 atom stereocenters. The van der Waals surface area contributed by atoms with Gasteiger partial charge in [0, 0.05) is 11.2 Å². The molecule has 0 fully saturated rings. The molecule has 0 saturated heterocycles. The minimum absolute atomic E-state index is 0.0294. The number of nitrogens with zero attached hydrogens (tertiary/aromatic N) is 1. The first kappa shape index (κ1) is 28.8. The number of aromatic nitrogens is 1. The van der Waals surface area contributed by atoms with Crippen LogP contribution in [0.4, 0.5) is 0 Å². The highest BCUT2D eigenvalue weighted by molar-refractivity contribution is 6.31. The Morgan fingerprint density at radius 1 is 1.05 bits per heavy atom. The lowest BCUT2D eigenvalue weighted by Crippen LogP contribution is -2.49. The second-order valence-electron chi connectivity index (χ2n) is 9.55. The molecule has 0 bridgehead atoms. The molecule has 1 aromatic heterocycles. The number of benzene rings is 2. The molecule has 1 amide bonds. The predicted molar refractivity (Wildman–Crippen MR) is 144 cm³/mol. The molecule has 1 heterocycles. The van der Waals surface area contributed by atoms with Crippen molar-refractivity contribution in [2.45, 2.75) is 51.9 Å². The summed E-state index contributed by atoms with van der Waals surface area (Å²) in [5.74, 6) is -1.98. The van der Waals surface area contributed by atoms with Crippen LogP contribution in [0.15, 0.2) is 66.9 Å². The molecule has 0 spiro atoms. The molecule has 0 aliphatic carbocycles. The second-order valence-corrected chi connectivity index (χ2v) is 9.96. The van der Waals surface area contributed by atoms with E-state index in [4.69, 9.17) is 21.1 Å². The zero-order valence-electron chi connectivity index (χ0n) is 21.7. The third kappa shape index (κ3) is 7.63. The Balaban J connectivity index is 1.90. The third-order valence-corrected chi connectivity index (χ3v) is 5.84. The first-order valence-electron chi connectivity index (χ1n) is 12.2. The summed E-state index contributed by atoms with van der Waals surface area (Å²) < 4.78 is 10.5. The molecular formula is C29H31ClN2O6. The van der Waals surface area contributed by atoms with E-state index in [2.05, 4.69) is 10.3 Å². The van der Waals surface area contributed by atoms with Crippen LogP contribution >= 0.6 is 11.6 Å². The van der Waals surface area contributed by atoms with E-state index < -0.39 is 35.6 Å². The first-order chi connectivity index (χ1) is 18.0. The maximum Gasteiger partial charge on any atom is 0.339 e. The van der Waals surface area contributed by atoms with Crippen LogP contribution in [-0.2, 0) is 20.7 Å². The summed E-state index contributed by atoms with van der Waals surface area (Å²) in [7, 11) is 0. The van der Waals surface area contributed by atoms with Crippen LogP contribution in [0.1, 0.15) is 54.1 Å². The average Bonchev–Trinajstić information content (AvgIpc) is 2.88. The maximum atomic E-state index is 13.2. The van der Waals surface area contributed by atoms with Gasteiger partial charge in [-0.25, -0.2) is 9.59 Å². The Kier molecular flexibility index (Phi) is 9.61. The molecule has 200 valence electrons. The minimum Gasteiger partial charge on any atom is -0.464 e. The molecule has 3 rings (SSSR count). The van der Waals surface area contributed by atoms with Gasteiger partial charge in [-0.2, -0.15) is 0 Å². The number of aliphatic hydroxyl groups is 1. The van der Waals surface area contributed by atoms with E-state index in [1.54, 1.807) is 82.3 Å². The fourth-order valence-corrected chi connectivity index (χ4v) is 3.96. The van der Waals surface area contributed by atoms with Crippen LogP contribution in [0, 0.1) is 0 Å². The smallest absolute Gasteiger partial charge is 0.339 e. The number of ether oxygens (including phenoxy) is 2. The number of hydrogen-bond acceptors (Lipinski definition) is 7. The number of aliphatic hydroxyl groups excluding tert-OH is 1. The van der Waals surface area contributed by atoms with E-state index in [0.717, 1.165) is 0 Å². The van der Waals surface area contributed by atoms with E-state index in [9.17, 15) is 19.5 Å². The number of hydrogen-bond donors (Lipinski definition) is 2. The highest BCUT2D eigenvalue weighted by Gasteiger charge is 2.30. The summed E-state index contributed by atoms with van der Waals surface area (Å²) in [5.41, 5.74) is 1.47. The average molecular weight is 539 g/mol. The topological polar surface area (TPSA) is 115 Å². The van der Waals surface area contributed by atoms with Crippen molar-refractivity contribution in [3.8, 4) is 11.1 Å². The van der Waals surface area contributed by atoms with Crippen LogP contribution in [0.25, 0.3) is 11.1 Å². The van der Waals surface area contributed by atoms with Crippen molar-refractivity contribution >= 4 is 29.4 Å². The largest absolute Gasteiger partial charge is 0.464 e. The minimum atomic E-state index is -1.63. The van der Waals surface area contributed by atoms with Gasteiger partial charge in [-0.15, -0.1) is 0 Å². The number of carbonyl (C=O) groups excluding carboxylic acids is 3. The summed E-state index contributed by atoms with van der Waals surface area (Å²) in [5, 5.41) is 13.8. The van der Waals surface area contributed by atoms with E-state index in [-0.39, 0.29) is 18.7 Å². The van der Waals surface area contributed by atoms with Crippen LogP contribution in [0.3, 0.4) is 0 Å². The number of nitrogens with one attached hydrogen (secondary N) is 1. The van der Waals surface area contributed by atoms with E-state index in [1.807, 2.05) is 0 Å². The third-order valence-electron chi connectivity index (χ3n) is 5.47. The molecule has 38 heavy (non-hydrogen) atoms. The van der Waals surface area contributed by atoms with Crippen LogP contribution in [0.5, 0.6) is 0 Å². The van der Waals surface area contributed by atoms with Crippen molar-refractivity contribution < 1.29 is 29.0 Å². The van der Waals surface area contributed by atoms with Gasteiger partial charge in [0.2, 0.25) is 0 Å². The van der Waals surface area contributed by atoms with Gasteiger partial charge in [-0.1, -0.05) is 48.0 Å². The number of halogens is 1. The van der Waals surface area contributed by atoms with Gasteiger partial charge in [-0.05, 0) is 75.1 Å². The van der Waals surface area contributed by atoms with Crippen molar-refractivity contribution in [3.05, 3.63) is 88.7 Å². The van der Waals surface area contributed by atoms with Gasteiger partial charge in [0.25, 0.3) is 5.91 Å². The Bertz CT molecular complexity index is 1300.